The molecule has 1 aliphatic rings. The molecule has 146 valence electrons. The summed E-state index contributed by atoms with van der Waals surface area (Å²) < 4.78 is 7.78. The van der Waals surface area contributed by atoms with E-state index in [0.717, 1.165) is 28.7 Å². The molecular weight excluding hydrogens is 392 g/mol. The first-order valence-electron chi connectivity index (χ1n) is 9.35. The molecule has 8 heteroatoms. The summed E-state index contributed by atoms with van der Waals surface area (Å²) in [4.78, 5) is 13.9. The van der Waals surface area contributed by atoms with Crippen molar-refractivity contribution in [3.8, 4) is 16.5 Å². The van der Waals surface area contributed by atoms with Crippen molar-refractivity contribution in [2.24, 2.45) is 0 Å². The van der Waals surface area contributed by atoms with Crippen LogP contribution in [0.2, 0.25) is 0 Å². The maximum atomic E-state index is 12.8. The van der Waals surface area contributed by atoms with Crippen molar-refractivity contribution in [2.45, 2.75) is 43.1 Å². The number of thioether (sulfide) groups is 1. The van der Waals surface area contributed by atoms with E-state index < -0.39 is 0 Å². The van der Waals surface area contributed by atoms with Gasteiger partial charge in [0.15, 0.2) is 11.0 Å². The molecular formula is C20H22N4O2S2. The molecule has 0 unspecified atom stereocenters. The van der Waals surface area contributed by atoms with E-state index in [0.29, 0.717) is 24.1 Å². The second-order valence-corrected chi connectivity index (χ2v) is 8.82. The van der Waals surface area contributed by atoms with E-state index >= 15 is 0 Å². The molecule has 0 saturated heterocycles. The van der Waals surface area contributed by atoms with Crippen molar-refractivity contribution in [2.75, 3.05) is 11.9 Å². The highest BCUT2D eigenvalue weighted by atomic mass is 32.2. The number of carbonyl (C=O) groups excluding carboxylic acids is 1. The molecule has 1 fully saturated rings. The summed E-state index contributed by atoms with van der Waals surface area (Å²) in [6.45, 7) is 4.36. The van der Waals surface area contributed by atoms with Crippen LogP contribution in [-0.4, -0.2) is 32.5 Å². The predicted molar refractivity (Wildman–Crippen MR) is 113 cm³/mol. The lowest BCUT2D eigenvalue weighted by molar-refractivity contribution is -0.115. The van der Waals surface area contributed by atoms with Crippen LogP contribution in [0.25, 0.3) is 10.7 Å². The summed E-state index contributed by atoms with van der Waals surface area (Å²) in [7, 11) is 0. The number of rotatable bonds is 8. The van der Waals surface area contributed by atoms with E-state index in [-0.39, 0.29) is 11.2 Å². The Bertz CT molecular complexity index is 951. The average molecular weight is 415 g/mol. The maximum Gasteiger partial charge on any atom is 0.237 e. The lowest BCUT2D eigenvalue weighted by Gasteiger charge is -2.15. The van der Waals surface area contributed by atoms with Gasteiger partial charge in [-0.3, -0.25) is 9.36 Å². The van der Waals surface area contributed by atoms with Crippen LogP contribution in [0.1, 0.15) is 32.7 Å². The van der Waals surface area contributed by atoms with Crippen LogP contribution in [0.4, 0.5) is 5.69 Å². The van der Waals surface area contributed by atoms with E-state index in [1.807, 2.05) is 49.6 Å². The number of para-hydroxylation sites is 2. The molecule has 28 heavy (non-hydrogen) atoms. The first kappa shape index (κ1) is 19.0. The summed E-state index contributed by atoms with van der Waals surface area (Å²) in [5, 5.41) is 14.3. The zero-order valence-corrected chi connectivity index (χ0v) is 17.4. The zero-order valence-electron chi connectivity index (χ0n) is 15.8. The van der Waals surface area contributed by atoms with Gasteiger partial charge in [0.05, 0.1) is 22.4 Å². The van der Waals surface area contributed by atoms with Gasteiger partial charge in [-0.2, -0.15) is 0 Å². The summed E-state index contributed by atoms with van der Waals surface area (Å²) in [5.41, 5.74) is 0.685. The third-order valence-corrected chi connectivity index (χ3v) is 6.34. The lowest BCUT2D eigenvalue weighted by atomic mass is 10.3. The molecule has 3 aromatic rings. The molecule has 0 spiro atoms. The van der Waals surface area contributed by atoms with E-state index in [1.54, 1.807) is 11.3 Å². The highest BCUT2D eigenvalue weighted by Gasteiger charge is 2.31. The fourth-order valence-corrected chi connectivity index (χ4v) is 4.52. The van der Waals surface area contributed by atoms with E-state index in [4.69, 9.17) is 4.74 Å². The topological polar surface area (TPSA) is 69.0 Å². The molecule has 0 aliphatic heterocycles. The van der Waals surface area contributed by atoms with E-state index in [1.165, 1.54) is 11.8 Å². The van der Waals surface area contributed by atoms with Crippen LogP contribution >= 0.6 is 23.1 Å². The van der Waals surface area contributed by atoms with Crippen molar-refractivity contribution in [1.82, 2.24) is 14.8 Å². The van der Waals surface area contributed by atoms with Crippen molar-refractivity contribution >= 4 is 34.7 Å². The van der Waals surface area contributed by atoms with Crippen LogP contribution < -0.4 is 10.1 Å². The maximum absolute atomic E-state index is 12.8. The summed E-state index contributed by atoms with van der Waals surface area (Å²) in [6, 6.07) is 12.0. The predicted octanol–water partition coefficient (Wildman–Crippen LogP) is 4.86. The molecule has 2 heterocycles. The van der Waals surface area contributed by atoms with Gasteiger partial charge in [-0.15, -0.1) is 21.5 Å². The molecule has 1 aliphatic carbocycles. The fraction of sp³-hybridized carbons (Fsp3) is 0.350. The van der Waals surface area contributed by atoms with Crippen LogP contribution in [0.15, 0.2) is 46.9 Å². The van der Waals surface area contributed by atoms with Crippen LogP contribution in [0, 0.1) is 0 Å². The molecule has 6 nitrogen and oxygen atoms in total. The molecule has 0 radical (unpaired) electrons. The molecule has 1 atom stereocenters. The Hall–Kier alpha value is -2.32. The lowest BCUT2D eigenvalue weighted by Crippen LogP contribution is -2.23. The smallest absolute Gasteiger partial charge is 0.237 e. The largest absolute Gasteiger partial charge is 0.492 e. The number of amides is 1. The molecule has 4 rings (SSSR count). The zero-order chi connectivity index (χ0) is 19.5. The number of hydrogen-bond acceptors (Lipinski definition) is 6. The Labute approximate surface area is 172 Å². The van der Waals surface area contributed by atoms with Gasteiger partial charge in [0.25, 0.3) is 0 Å². The standard InChI is InChI=1S/C20H22N4O2S2/c1-3-26-16-8-5-4-7-15(16)21-19(25)13(2)28-20-23-22-18(17-9-6-12-27-17)24(20)14-10-11-14/h4-9,12-14H,3,10-11H2,1-2H3,(H,21,25)/t13-/m1/s1. The van der Waals surface area contributed by atoms with Crippen LogP contribution in [-0.2, 0) is 4.79 Å². The minimum Gasteiger partial charge on any atom is -0.492 e. The van der Waals surface area contributed by atoms with E-state index in [2.05, 4.69) is 26.1 Å². The third kappa shape index (κ3) is 4.07. The van der Waals surface area contributed by atoms with Gasteiger partial charge in [0.2, 0.25) is 5.91 Å². The van der Waals surface area contributed by atoms with Crippen LogP contribution in [0.3, 0.4) is 0 Å². The third-order valence-electron chi connectivity index (χ3n) is 4.41. The van der Waals surface area contributed by atoms with Gasteiger partial charge in [-0.1, -0.05) is 30.0 Å². The molecule has 1 amide bonds. The first-order chi connectivity index (χ1) is 13.7. The van der Waals surface area contributed by atoms with Gasteiger partial charge in [0.1, 0.15) is 5.75 Å². The number of nitrogens with zero attached hydrogens (tertiary/aromatic N) is 3. The Morgan fingerprint density at radius 1 is 1.32 bits per heavy atom. The molecule has 1 N–H and O–H groups in total. The van der Waals surface area contributed by atoms with Gasteiger partial charge in [0, 0.05) is 6.04 Å². The average Bonchev–Trinajstić information content (AvgIpc) is 3.22. The van der Waals surface area contributed by atoms with Gasteiger partial charge < -0.3 is 10.1 Å². The highest BCUT2D eigenvalue weighted by molar-refractivity contribution is 8.00. The minimum absolute atomic E-state index is 0.0832. The first-order valence-corrected chi connectivity index (χ1v) is 11.1. The Balaban J connectivity index is 1.50. The highest BCUT2D eigenvalue weighted by Crippen LogP contribution is 2.42. The Morgan fingerprint density at radius 3 is 2.86 bits per heavy atom. The number of hydrogen-bond donors (Lipinski definition) is 1. The van der Waals surface area contributed by atoms with Crippen LogP contribution in [0.5, 0.6) is 5.75 Å². The number of anilines is 1. The number of ether oxygens (including phenoxy) is 1. The van der Waals surface area contributed by atoms with Crippen molar-refractivity contribution < 1.29 is 9.53 Å². The second-order valence-electron chi connectivity index (χ2n) is 6.56. The monoisotopic (exact) mass is 414 g/mol. The van der Waals surface area contributed by atoms with Crippen molar-refractivity contribution in [1.29, 1.82) is 0 Å². The normalized spacial score (nSPS) is 14.6. The number of thiophene rings is 1. The Kier molecular flexibility index (Phi) is 5.68. The molecule has 0 bridgehead atoms. The van der Waals surface area contributed by atoms with Gasteiger partial charge in [-0.25, -0.2) is 0 Å². The number of aromatic nitrogens is 3. The SMILES string of the molecule is CCOc1ccccc1NC(=O)[C@@H](C)Sc1nnc(-c2cccs2)n1C1CC1. The summed E-state index contributed by atoms with van der Waals surface area (Å²) >= 11 is 3.10. The fourth-order valence-electron chi connectivity index (χ4n) is 2.89. The number of benzene rings is 1. The second kappa shape index (κ2) is 8.36. The van der Waals surface area contributed by atoms with Gasteiger partial charge >= 0.3 is 0 Å². The molecule has 1 saturated carbocycles. The molecule has 2 aromatic heterocycles. The van der Waals surface area contributed by atoms with Crippen molar-refractivity contribution in [3.05, 3.63) is 41.8 Å². The minimum atomic E-state index is -0.312. The summed E-state index contributed by atoms with van der Waals surface area (Å²) in [6.07, 6.45) is 2.26. The molecule has 1 aromatic carbocycles. The van der Waals surface area contributed by atoms with Gasteiger partial charge in [-0.05, 0) is 50.3 Å². The van der Waals surface area contributed by atoms with E-state index in [9.17, 15) is 4.79 Å². The number of carbonyl (C=O) groups is 1. The summed E-state index contributed by atoms with van der Waals surface area (Å²) in [5.74, 6) is 1.49. The van der Waals surface area contributed by atoms with Crippen molar-refractivity contribution in [3.63, 3.8) is 0 Å². The number of nitrogens with one attached hydrogen (secondary N) is 1. The quantitative estimate of drug-likeness (QED) is 0.533. The Morgan fingerprint density at radius 2 is 2.14 bits per heavy atom.